The first-order chi connectivity index (χ1) is 14.2. The van der Waals surface area contributed by atoms with Crippen LogP contribution in [0, 0.1) is 18.6 Å². The van der Waals surface area contributed by atoms with Crippen molar-refractivity contribution in [3.8, 4) is 11.4 Å². The van der Waals surface area contributed by atoms with E-state index in [9.17, 15) is 13.6 Å². The molecule has 0 radical (unpaired) electrons. The molecule has 2 aromatic carbocycles. The highest BCUT2D eigenvalue weighted by atomic mass is 79.9. The maximum absolute atomic E-state index is 14.9. The minimum absolute atomic E-state index is 0.0392. The monoisotopic (exact) mass is 497 g/mol. The predicted molar refractivity (Wildman–Crippen MR) is 115 cm³/mol. The zero-order chi connectivity index (χ0) is 21.6. The van der Waals surface area contributed by atoms with Crippen LogP contribution in [-0.2, 0) is 16.1 Å². The van der Waals surface area contributed by atoms with Crippen LogP contribution in [0.5, 0.6) is 0 Å². The van der Waals surface area contributed by atoms with Crippen molar-refractivity contribution in [1.29, 1.82) is 0 Å². The van der Waals surface area contributed by atoms with Crippen LogP contribution in [0.2, 0.25) is 5.02 Å². The molecule has 4 rings (SSSR count). The van der Waals surface area contributed by atoms with Crippen molar-refractivity contribution < 1.29 is 18.3 Å². The van der Waals surface area contributed by atoms with E-state index in [1.807, 2.05) is 0 Å². The number of hydrogen-bond acceptors (Lipinski definition) is 3. The van der Waals surface area contributed by atoms with Crippen molar-refractivity contribution in [3.05, 3.63) is 51.0 Å². The van der Waals surface area contributed by atoms with Crippen LogP contribution in [0.3, 0.4) is 0 Å². The van der Waals surface area contributed by atoms with Crippen LogP contribution in [-0.4, -0.2) is 46.2 Å². The lowest BCUT2D eigenvalue weighted by atomic mass is 10.2. The van der Waals surface area contributed by atoms with Crippen LogP contribution in [0.25, 0.3) is 22.4 Å². The molecule has 2 heterocycles. The summed E-state index contributed by atoms with van der Waals surface area (Å²) in [6, 6.07) is 5.91. The standard InChI is InChI=1S/C21H19BrClF2N3O2/c1-11-5-18-19(8-16(11)24)28(10-14-9-27(12(2)29)3-4-30-14)21(26-18)20-15(23)6-13(22)7-17(20)25/h5-8,14H,3-4,9-10H2,1-2H3. The van der Waals surface area contributed by atoms with E-state index in [0.29, 0.717) is 40.8 Å². The lowest BCUT2D eigenvalue weighted by Crippen LogP contribution is -2.46. The average Bonchev–Trinajstić information content (AvgIpc) is 2.98. The molecule has 1 amide bonds. The maximum Gasteiger partial charge on any atom is 0.219 e. The molecule has 158 valence electrons. The van der Waals surface area contributed by atoms with Crippen molar-refractivity contribution in [1.82, 2.24) is 14.5 Å². The number of amides is 1. The molecule has 1 aliphatic rings. The van der Waals surface area contributed by atoms with Gasteiger partial charge in [-0.1, -0.05) is 27.5 Å². The molecule has 1 aliphatic heterocycles. The molecule has 9 heteroatoms. The summed E-state index contributed by atoms with van der Waals surface area (Å²) in [6.45, 7) is 4.73. The zero-order valence-electron chi connectivity index (χ0n) is 16.4. The Bertz CT molecular complexity index is 1130. The molecular weight excluding hydrogens is 480 g/mol. The maximum atomic E-state index is 14.9. The van der Waals surface area contributed by atoms with Crippen molar-refractivity contribution in [2.75, 3.05) is 19.7 Å². The molecule has 3 aromatic rings. The third-order valence-corrected chi connectivity index (χ3v) is 5.99. The highest BCUT2D eigenvalue weighted by Crippen LogP contribution is 2.35. The highest BCUT2D eigenvalue weighted by Gasteiger charge is 2.26. The van der Waals surface area contributed by atoms with Gasteiger partial charge in [-0.15, -0.1) is 0 Å². The largest absolute Gasteiger partial charge is 0.373 e. The Morgan fingerprint density at radius 3 is 2.77 bits per heavy atom. The van der Waals surface area contributed by atoms with Gasteiger partial charge < -0.3 is 14.2 Å². The number of fused-ring (bicyclic) bond motifs is 1. The second kappa shape index (κ2) is 8.24. The molecule has 5 nitrogen and oxygen atoms in total. The lowest BCUT2D eigenvalue weighted by molar-refractivity contribution is -0.136. The van der Waals surface area contributed by atoms with Gasteiger partial charge in [0.2, 0.25) is 5.91 Å². The fourth-order valence-electron chi connectivity index (χ4n) is 3.70. The minimum atomic E-state index is -0.543. The van der Waals surface area contributed by atoms with E-state index in [2.05, 4.69) is 20.9 Å². The summed E-state index contributed by atoms with van der Waals surface area (Å²) in [4.78, 5) is 18.1. The minimum Gasteiger partial charge on any atom is -0.373 e. The van der Waals surface area contributed by atoms with Crippen LogP contribution >= 0.6 is 27.5 Å². The number of hydrogen-bond donors (Lipinski definition) is 0. The normalized spacial score (nSPS) is 17.0. The first kappa shape index (κ1) is 21.2. The number of imidazole rings is 1. The Morgan fingerprint density at radius 2 is 2.07 bits per heavy atom. The Morgan fingerprint density at radius 1 is 1.30 bits per heavy atom. The van der Waals surface area contributed by atoms with Gasteiger partial charge >= 0.3 is 0 Å². The number of aromatic nitrogens is 2. The number of benzene rings is 2. The number of rotatable bonds is 3. The van der Waals surface area contributed by atoms with Gasteiger partial charge in [-0.25, -0.2) is 13.8 Å². The fourth-order valence-corrected chi connectivity index (χ4v) is 4.56. The molecule has 1 unspecified atom stereocenters. The Balaban J connectivity index is 1.86. The first-order valence-electron chi connectivity index (χ1n) is 9.43. The number of ether oxygens (including phenoxy) is 1. The van der Waals surface area contributed by atoms with E-state index in [1.54, 1.807) is 28.5 Å². The Labute approximate surface area is 185 Å². The van der Waals surface area contributed by atoms with Gasteiger partial charge in [0.25, 0.3) is 0 Å². The summed E-state index contributed by atoms with van der Waals surface area (Å²) in [5.41, 5.74) is 1.61. The van der Waals surface area contributed by atoms with Crippen LogP contribution in [0.4, 0.5) is 8.78 Å². The number of halogens is 4. The van der Waals surface area contributed by atoms with E-state index in [1.165, 1.54) is 19.1 Å². The summed E-state index contributed by atoms with van der Waals surface area (Å²) >= 11 is 9.59. The molecular formula is C21H19BrClF2N3O2. The highest BCUT2D eigenvalue weighted by molar-refractivity contribution is 9.10. The fraction of sp³-hybridized carbons (Fsp3) is 0.333. The molecule has 30 heavy (non-hydrogen) atoms. The molecule has 0 bridgehead atoms. The molecule has 0 N–H and O–H groups in total. The number of nitrogens with zero attached hydrogens (tertiary/aromatic N) is 3. The number of morpholine rings is 1. The summed E-state index contributed by atoms with van der Waals surface area (Å²) < 4.78 is 37.3. The van der Waals surface area contributed by atoms with Gasteiger partial charge in [-0.2, -0.15) is 0 Å². The summed E-state index contributed by atoms with van der Waals surface area (Å²) in [7, 11) is 0. The third-order valence-electron chi connectivity index (χ3n) is 5.23. The molecule has 0 saturated carbocycles. The second-order valence-corrected chi connectivity index (χ2v) is 8.66. The van der Waals surface area contributed by atoms with Gasteiger partial charge in [0, 0.05) is 30.6 Å². The van der Waals surface area contributed by atoms with Crippen molar-refractivity contribution in [2.24, 2.45) is 0 Å². The molecule has 1 atom stereocenters. The summed E-state index contributed by atoms with van der Waals surface area (Å²) in [6.07, 6.45) is -0.347. The smallest absolute Gasteiger partial charge is 0.219 e. The predicted octanol–water partition coefficient (Wildman–Crippen LogP) is 4.95. The van der Waals surface area contributed by atoms with Crippen LogP contribution in [0.1, 0.15) is 12.5 Å². The Hall–Kier alpha value is -2.03. The quantitative estimate of drug-likeness (QED) is 0.513. The lowest BCUT2D eigenvalue weighted by Gasteiger charge is -2.32. The van der Waals surface area contributed by atoms with Crippen LogP contribution in [0.15, 0.2) is 28.7 Å². The number of carbonyl (C=O) groups is 1. The third kappa shape index (κ3) is 3.96. The number of carbonyl (C=O) groups excluding carboxylic acids is 1. The Kier molecular flexibility index (Phi) is 5.83. The molecule has 0 spiro atoms. The summed E-state index contributed by atoms with van der Waals surface area (Å²) in [5.74, 6) is -0.679. The zero-order valence-corrected chi connectivity index (χ0v) is 18.7. The van der Waals surface area contributed by atoms with Crippen LogP contribution < -0.4 is 0 Å². The van der Waals surface area contributed by atoms with E-state index in [-0.39, 0.29) is 40.8 Å². The molecule has 1 aromatic heterocycles. The molecule has 1 fully saturated rings. The first-order valence-corrected chi connectivity index (χ1v) is 10.6. The molecule has 0 aliphatic carbocycles. The van der Waals surface area contributed by atoms with Gasteiger partial charge in [0.15, 0.2) is 0 Å². The van der Waals surface area contributed by atoms with E-state index >= 15 is 0 Å². The van der Waals surface area contributed by atoms with Gasteiger partial charge in [-0.3, -0.25) is 4.79 Å². The average molecular weight is 499 g/mol. The topological polar surface area (TPSA) is 47.4 Å². The van der Waals surface area contributed by atoms with Crippen molar-refractivity contribution in [2.45, 2.75) is 26.5 Å². The number of aryl methyl sites for hydroxylation is 1. The summed E-state index contributed by atoms with van der Waals surface area (Å²) in [5, 5.41) is 0.186. The van der Waals surface area contributed by atoms with Gasteiger partial charge in [-0.05, 0) is 30.7 Å². The SMILES string of the molecule is CC(=O)N1CCOC(Cn2c(-c3c(F)cc(Br)cc3Cl)nc3cc(C)c(F)cc32)C1. The van der Waals surface area contributed by atoms with Gasteiger partial charge in [0.1, 0.15) is 17.5 Å². The van der Waals surface area contributed by atoms with Gasteiger partial charge in [0.05, 0.1) is 40.9 Å². The van der Waals surface area contributed by atoms with Crippen molar-refractivity contribution in [3.63, 3.8) is 0 Å². The molecule has 1 saturated heterocycles. The second-order valence-electron chi connectivity index (χ2n) is 7.34. The van der Waals surface area contributed by atoms with E-state index in [4.69, 9.17) is 16.3 Å². The van der Waals surface area contributed by atoms with Crippen molar-refractivity contribution >= 4 is 44.5 Å². The van der Waals surface area contributed by atoms with E-state index in [0.717, 1.165) is 0 Å². The van der Waals surface area contributed by atoms with E-state index < -0.39 is 5.82 Å².